The maximum atomic E-state index is 5.44. The largest absolute Gasteiger partial charge is 0.359 e. The van der Waals surface area contributed by atoms with Gasteiger partial charge >= 0.3 is 0 Å². The van der Waals surface area contributed by atoms with Gasteiger partial charge in [-0.15, -0.1) is 24.0 Å². The summed E-state index contributed by atoms with van der Waals surface area (Å²) in [4.78, 5) is 6.48. The summed E-state index contributed by atoms with van der Waals surface area (Å²) in [5.41, 5.74) is 1.21. The molecule has 6 nitrogen and oxygen atoms in total. The van der Waals surface area contributed by atoms with Crippen LogP contribution in [0.2, 0.25) is 0 Å². The second-order valence-electron chi connectivity index (χ2n) is 7.41. The molecule has 0 atom stereocenters. The quantitative estimate of drug-likeness (QED) is 0.332. The van der Waals surface area contributed by atoms with Crippen LogP contribution in [0.4, 0.5) is 0 Å². The van der Waals surface area contributed by atoms with Gasteiger partial charge in [0.25, 0.3) is 0 Å². The lowest BCUT2D eigenvalue weighted by atomic mass is 9.93. The van der Waals surface area contributed by atoms with Crippen LogP contribution in [0.15, 0.2) is 15.6 Å². The summed E-state index contributed by atoms with van der Waals surface area (Å²) in [5, 5.41) is 10.9. The van der Waals surface area contributed by atoms with Gasteiger partial charge in [0, 0.05) is 32.1 Å². The molecular weight excluding hydrogens is 429 g/mol. The van der Waals surface area contributed by atoms with Crippen molar-refractivity contribution in [1.82, 2.24) is 20.7 Å². The minimum atomic E-state index is 0. The molecule has 2 N–H and O–H groups in total. The van der Waals surface area contributed by atoms with E-state index in [2.05, 4.69) is 67.5 Å². The molecule has 1 heterocycles. The van der Waals surface area contributed by atoms with Crippen LogP contribution in [0.5, 0.6) is 0 Å². The second kappa shape index (κ2) is 11.7. The van der Waals surface area contributed by atoms with E-state index in [4.69, 9.17) is 4.52 Å². The SMILES string of the molecule is CCC(CC)c1cc(CNC(=NC)NCC(C)(C)CN(C)C)on1.I. The Morgan fingerprint density at radius 3 is 2.44 bits per heavy atom. The minimum absolute atomic E-state index is 0. The van der Waals surface area contributed by atoms with Gasteiger partial charge in [-0.25, -0.2) is 0 Å². The molecule has 25 heavy (non-hydrogen) atoms. The number of aliphatic imine (C=N–C) groups is 1. The third kappa shape index (κ3) is 8.89. The molecule has 1 rings (SSSR count). The molecule has 0 amide bonds. The van der Waals surface area contributed by atoms with Crippen molar-refractivity contribution < 1.29 is 4.52 Å². The average Bonchev–Trinajstić information content (AvgIpc) is 2.96. The van der Waals surface area contributed by atoms with Gasteiger partial charge < -0.3 is 20.1 Å². The molecule has 0 bridgehead atoms. The molecule has 1 aromatic heterocycles. The van der Waals surface area contributed by atoms with Crippen LogP contribution in [-0.4, -0.2) is 50.2 Å². The Morgan fingerprint density at radius 2 is 1.92 bits per heavy atom. The Labute approximate surface area is 170 Å². The van der Waals surface area contributed by atoms with Gasteiger partial charge in [-0.3, -0.25) is 4.99 Å². The molecule has 0 aliphatic rings. The zero-order valence-electron chi connectivity index (χ0n) is 16.8. The van der Waals surface area contributed by atoms with E-state index in [0.717, 1.165) is 43.3 Å². The highest BCUT2D eigenvalue weighted by atomic mass is 127. The monoisotopic (exact) mass is 465 g/mol. The van der Waals surface area contributed by atoms with Crippen molar-refractivity contribution >= 4 is 29.9 Å². The highest BCUT2D eigenvalue weighted by Gasteiger charge is 2.19. The van der Waals surface area contributed by atoms with Crippen molar-refractivity contribution in [1.29, 1.82) is 0 Å². The highest BCUT2D eigenvalue weighted by molar-refractivity contribution is 14.0. The fourth-order valence-corrected chi connectivity index (χ4v) is 2.94. The Hall–Kier alpha value is -0.830. The van der Waals surface area contributed by atoms with E-state index < -0.39 is 0 Å². The molecule has 0 fully saturated rings. The molecule has 146 valence electrons. The van der Waals surface area contributed by atoms with Gasteiger partial charge in [0.1, 0.15) is 0 Å². The van der Waals surface area contributed by atoms with E-state index in [1.807, 2.05) is 6.07 Å². The number of hydrogen-bond donors (Lipinski definition) is 2. The molecule has 0 spiro atoms. The Kier molecular flexibility index (Phi) is 11.3. The van der Waals surface area contributed by atoms with Crippen LogP contribution in [0.3, 0.4) is 0 Å². The lowest BCUT2D eigenvalue weighted by Crippen LogP contribution is -2.44. The third-order valence-electron chi connectivity index (χ3n) is 4.11. The van der Waals surface area contributed by atoms with Crippen molar-refractivity contribution in [2.45, 2.75) is 53.0 Å². The number of nitrogens with one attached hydrogen (secondary N) is 2. The van der Waals surface area contributed by atoms with Crippen molar-refractivity contribution in [3.8, 4) is 0 Å². The maximum absolute atomic E-state index is 5.44. The molecule has 0 aliphatic heterocycles. The molecule has 0 saturated heterocycles. The molecule has 1 aromatic rings. The summed E-state index contributed by atoms with van der Waals surface area (Å²) >= 11 is 0. The lowest BCUT2D eigenvalue weighted by molar-refractivity contribution is 0.241. The van der Waals surface area contributed by atoms with E-state index in [0.29, 0.717) is 12.5 Å². The first kappa shape index (κ1) is 24.2. The highest BCUT2D eigenvalue weighted by Crippen LogP contribution is 2.22. The van der Waals surface area contributed by atoms with Crippen LogP contribution in [0.1, 0.15) is 57.9 Å². The van der Waals surface area contributed by atoms with Gasteiger partial charge in [-0.2, -0.15) is 0 Å². The van der Waals surface area contributed by atoms with Gasteiger partial charge in [0.15, 0.2) is 11.7 Å². The molecule has 0 radical (unpaired) electrons. The normalized spacial score (nSPS) is 12.4. The summed E-state index contributed by atoms with van der Waals surface area (Å²) in [5.74, 6) is 2.10. The van der Waals surface area contributed by atoms with Crippen LogP contribution in [0.25, 0.3) is 0 Å². The smallest absolute Gasteiger partial charge is 0.191 e. The fourth-order valence-electron chi connectivity index (χ4n) is 2.94. The van der Waals surface area contributed by atoms with Gasteiger partial charge in [-0.05, 0) is 32.4 Å². The summed E-state index contributed by atoms with van der Waals surface area (Å²) < 4.78 is 5.44. The maximum Gasteiger partial charge on any atom is 0.191 e. The lowest BCUT2D eigenvalue weighted by Gasteiger charge is -2.29. The van der Waals surface area contributed by atoms with Crippen molar-refractivity contribution in [3.63, 3.8) is 0 Å². The van der Waals surface area contributed by atoms with E-state index in [1.165, 1.54) is 0 Å². The predicted octanol–water partition coefficient (Wildman–Crippen LogP) is 3.45. The Morgan fingerprint density at radius 1 is 1.28 bits per heavy atom. The van der Waals surface area contributed by atoms with E-state index in [-0.39, 0.29) is 29.4 Å². The van der Waals surface area contributed by atoms with E-state index in [1.54, 1.807) is 7.05 Å². The summed E-state index contributed by atoms with van der Waals surface area (Å²) in [7, 11) is 5.97. The zero-order chi connectivity index (χ0) is 18.2. The Balaban J connectivity index is 0.00000576. The zero-order valence-corrected chi connectivity index (χ0v) is 19.2. The first-order chi connectivity index (χ1) is 11.3. The number of nitrogens with zero attached hydrogens (tertiary/aromatic N) is 3. The van der Waals surface area contributed by atoms with E-state index in [9.17, 15) is 0 Å². The van der Waals surface area contributed by atoms with Crippen molar-refractivity contribution in [2.75, 3.05) is 34.2 Å². The van der Waals surface area contributed by atoms with Crippen LogP contribution < -0.4 is 10.6 Å². The number of hydrogen-bond acceptors (Lipinski definition) is 4. The van der Waals surface area contributed by atoms with Crippen molar-refractivity contribution in [3.05, 3.63) is 17.5 Å². The average molecular weight is 465 g/mol. The fraction of sp³-hybridized carbons (Fsp3) is 0.778. The minimum Gasteiger partial charge on any atom is -0.359 e. The van der Waals surface area contributed by atoms with Gasteiger partial charge in [-0.1, -0.05) is 32.9 Å². The van der Waals surface area contributed by atoms with Crippen molar-refractivity contribution in [2.24, 2.45) is 10.4 Å². The topological polar surface area (TPSA) is 65.7 Å². The molecule has 0 aliphatic carbocycles. The summed E-state index contributed by atoms with van der Waals surface area (Å²) in [6.07, 6.45) is 2.17. The summed E-state index contributed by atoms with van der Waals surface area (Å²) in [6, 6.07) is 2.05. The molecule has 7 heteroatoms. The first-order valence-electron chi connectivity index (χ1n) is 8.86. The van der Waals surface area contributed by atoms with Crippen LogP contribution in [-0.2, 0) is 6.54 Å². The summed E-state index contributed by atoms with van der Waals surface area (Å²) in [6.45, 7) is 11.3. The number of halogens is 1. The number of aromatic nitrogens is 1. The van der Waals surface area contributed by atoms with Gasteiger partial charge in [0.2, 0.25) is 0 Å². The molecule has 0 aromatic carbocycles. The number of rotatable bonds is 9. The first-order valence-corrected chi connectivity index (χ1v) is 8.86. The van der Waals surface area contributed by atoms with Crippen LogP contribution in [0, 0.1) is 5.41 Å². The van der Waals surface area contributed by atoms with E-state index >= 15 is 0 Å². The molecular formula is C18H36IN5O. The molecule has 0 unspecified atom stereocenters. The standard InChI is InChI=1S/C18H35N5O.HI/c1-8-14(9-2)16-10-15(24-22-16)11-20-17(19-5)21-12-18(3,4)13-23(6)7;/h10,14H,8-9,11-13H2,1-7H3,(H2,19,20,21);1H. The second-order valence-corrected chi connectivity index (χ2v) is 7.41. The van der Waals surface area contributed by atoms with Gasteiger partial charge in [0.05, 0.1) is 12.2 Å². The third-order valence-corrected chi connectivity index (χ3v) is 4.11. The number of guanidine groups is 1. The molecule has 0 saturated carbocycles. The van der Waals surface area contributed by atoms with Crippen LogP contribution >= 0.6 is 24.0 Å². The predicted molar refractivity (Wildman–Crippen MR) is 116 cm³/mol. The Bertz CT molecular complexity index is 509.